The molecule has 3 atom stereocenters. The third kappa shape index (κ3) is 3.18. The summed E-state index contributed by atoms with van der Waals surface area (Å²) in [5, 5.41) is 14.8. The van der Waals surface area contributed by atoms with Gasteiger partial charge >= 0.3 is 0 Å². The Hall–Kier alpha value is -1.79. The molecule has 1 saturated heterocycles. The van der Waals surface area contributed by atoms with Gasteiger partial charge in [0.05, 0.1) is 0 Å². The van der Waals surface area contributed by atoms with Gasteiger partial charge in [0.15, 0.2) is 0 Å². The van der Waals surface area contributed by atoms with E-state index in [2.05, 4.69) is 22.4 Å². The maximum Gasteiger partial charge on any atom is 0.269 e. The topological polar surface area (TPSA) is 70.8 Å². The highest BCUT2D eigenvalue weighted by molar-refractivity contribution is 5.63. The summed E-state index contributed by atoms with van der Waals surface area (Å²) in [6.07, 6.45) is 2.73. The number of hydrogen-bond donors (Lipinski definition) is 1. The van der Waals surface area contributed by atoms with Crippen LogP contribution in [0.1, 0.15) is 31.2 Å². The summed E-state index contributed by atoms with van der Waals surface area (Å²) in [5.74, 6) is 0.265. The summed E-state index contributed by atoms with van der Waals surface area (Å²) in [5.41, 5.74) is 0.811. The molecule has 0 bridgehead atoms. The largest absolute Gasteiger partial charge is 0.287 e. The molecule has 0 aromatic heterocycles. The fourth-order valence-corrected chi connectivity index (χ4v) is 3.47. The Morgan fingerprint density at radius 3 is 2.86 bits per heavy atom. The molecular weight excluding hydrogens is 280 g/mol. The van der Waals surface area contributed by atoms with Gasteiger partial charge < -0.3 is 0 Å². The molecule has 1 N–H and O–H groups in total. The summed E-state index contributed by atoms with van der Waals surface area (Å²) in [6, 6.07) is 10.1. The van der Waals surface area contributed by atoms with Crippen LogP contribution in [0.25, 0.3) is 0 Å². The quantitative estimate of drug-likeness (QED) is 0.681. The number of aliphatic imine (C=N–C) groups is 1. The van der Waals surface area contributed by atoms with Gasteiger partial charge in [-0.3, -0.25) is 20.4 Å². The third-order valence-electron chi connectivity index (χ3n) is 4.66. The molecule has 0 saturated carbocycles. The zero-order valence-corrected chi connectivity index (χ0v) is 12.8. The molecule has 2 aliphatic heterocycles. The summed E-state index contributed by atoms with van der Waals surface area (Å²) in [4.78, 5) is 17.8. The zero-order valence-electron chi connectivity index (χ0n) is 12.8. The molecule has 1 aromatic carbocycles. The average Bonchev–Trinajstić information content (AvgIpc) is 2.94. The molecule has 0 radical (unpaired) electrons. The van der Waals surface area contributed by atoms with Gasteiger partial charge in [0, 0.05) is 37.2 Å². The van der Waals surface area contributed by atoms with Crippen LogP contribution in [0, 0.1) is 10.1 Å². The minimum absolute atomic E-state index is 0.142. The first-order chi connectivity index (χ1) is 10.6. The van der Waals surface area contributed by atoms with Gasteiger partial charge in [0.2, 0.25) is 0 Å². The summed E-state index contributed by atoms with van der Waals surface area (Å²) < 4.78 is 0. The Labute approximate surface area is 130 Å². The number of benzene rings is 1. The molecule has 118 valence electrons. The molecule has 1 aromatic rings. The summed E-state index contributed by atoms with van der Waals surface area (Å²) >= 11 is 0. The molecular formula is C16H22N4O2. The van der Waals surface area contributed by atoms with Crippen LogP contribution in [-0.2, 0) is 0 Å². The van der Waals surface area contributed by atoms with Gasteiger partial charge in [-0.1, -0.05) is 30.3 Å². The monoisotopic (exact) mass is 302 g/mol. The van der Waals surface area contributed by atoms with Crippen molar-refractivity contribution in [1.82, 2.24) is 10.2 Å². The van der Waals surface area contributed by atoms with Crippen molar-refractivity contribution >= 4 is 6.21 Å². The Morgan fingerprint density at radius 2 is 2.23 bits per heavy atom. The highest BCUT2D eigenvalue weighted by Gasteiger charge is 2.40. The highest BCUT2D eigenvalue weighted by Crippen LogP contribution is 2.32. The van der Waals surface area contributed by atoms with Gasteiger partial charge in [-0.25, -0.2) is 4.90 Å². The van der Waals surface area contributed by atoms with E-state index in [1.165, 1.54) is 5.56 Å². The van der Waals surface area contributed by atoms with Crippen LogP contribution in [0.4, 0.5) is 0 Å². The molecule has 1 fully saturated rings. The van der Waals surface area contributed by atoms with Crippen LogP contribution < -0.4 is 5.32 Å². The molecule has 2 aliphatic rings. The van der Waals surface area contributed by atoms with E-state index in [0.717, 1.165) is 19.5 Å². The van der Waals surface area contributed by atoms with Gasteiger partial charge in [0.1, 0.15) is 5.66 Å². The van der Waals surface area contributed by atoms with E-state index in [9.17, 15) is 10.1 Å². The maximum atomic E-state index is 11.5. The van der Waals surface area contributed by atoms with E-state index in [1.54, 1.807) is 0 Å². The Bertz CT molecular complexity index is 563. The minimum atomic E-state index is -0.631. The first kappa shape index (κ1) is 15.1. The van der Waals surface area contributed by atoms with Crippen molar-refractivity contribution in [2.75, 3.05) is 19.6 Å². The van der Waals surface area contributed by atoms with Crippen LogP contribution in [0.3, 0.4) is 0 Å². The third-order valence-corrected chi connectivity index (χ3v) is 4.66. The number of nitrogens with zero attached hydrogens (tertiary/aromatic N) is 3. The second kappa shape index (κ2) is 6.14. The molecule has 6 nitrogen and oxygen atoms in total. The Morgan fingerprint density at radius 1 is 1.45 bits per heavy atom. The molecule has 3 rings (SSSR count). The second-order valence-corrected chi connectivity index (χ2v) is 6.33. The second-order valence-electron chi connectivity index (χ2n) is 6.33. The zero-order chi connectivity index (χ0) is 15.6. The van der Waals surface area contributed by atoms with E-state index in [-0.39, 0.29) is 10.8 Å². The van der Waals surface area contributed by atoms with Crippen molar-refractivity contribution in [2.24, 2.45) is 4.99 Å². The Balaban J connectivity index is 1.71. The number of hydrogen-bond acceptors (Lipinski definition) is 5. The summed E-state index contributed by atoms with van der Waals surface area (Å²) in [7, 11) is 0. The highest BCUT2D eigenvalue weighted by atomic mass is 16.6. The van der Waals surface area contributed by atoms with Crippen LogP contribution in [0.5, 0.6) is 0 Å². The van der Waals surface area contributed by atoms with Crippen molar-refractivity contribution in [1.29, 1.82) is 0 Å². The predicted octanol–water partition coefficient (Wildman–Crippen LogP) is 1.86. The first-order valence-electron chi connectivity index (χ1n) is 7.79. The lowest BCUT2D eigenvalue weighted by molar-refractivity contribution is -0.555. The van der Waals surface area contributed by atoms with E-state index in [0.29, 0.717) is 13.0 Å². The van der Waals surface area contributed by atoms with E-state index in [1.807, 2.05) is 36.2 Å². The molecule has 0 aliphatic carbocycles. The number of likely N-dealkylation sites (tertiary alicyclic amines) is 1. The van der Waals surface area contributed by atoms with Gasteiger partial charge in [0.25, 0.3) is 6.17 Å². The molecule has 22 heavy (non-hydrogen) atoms. The van der Waals surface area contributed by atoms with E-state index < -0.39 is 11.8 Å². The smallest absolute Gasteiger partial charge is 0.269 e. The van der Waals surface area contributed by atoms with Crippen LogP contribution in [-0.4, -0.2) is 47.5 Å². The molecule has 0 spiro atoms. The lowest BCUT2D eigenvalue weighted by atomic mass is 9.87. The number of piperidine rings is 1. The molecule has 2 heterocycles. The van der Waals surface area contributed by atoms with E-state index in [4.69, 9.17) is 0 Å². The van der Waals surface area contributed by atoms with Crippen molar-refractivity contribution in [3.05, 3.63) is 46.0 Å². The lowest BCUT2D eigenvalue weighted by Gasteiger charge is -2.37. The first-order valence-corrected chi connectivity index (χ1v) is 7.79. The predicted molar refractivity (Wildman–Crippen MR) is 85.7 cm³/mol. The van der Waals surface area contributed by atoms with Gasteiger partial charge in [-0.2, -0.15) is 0 Å². The van der Waals surface area contributed by atoms with E-state index >= 15 is 0 Å². The fraction of sp³-hybridized carbons (Fsp3) is 0.562. The van der Waals surface area contributed by atoms with Gasteiger partial charge in [-0.05, 0) is 24.8 Å². The number of rotatable bonds is 4. The molecule has 6 heteroatoms. The number of nitro groups is 1. The van der Waals surface area contributed by atoms with Crippen molar-refractivity contribution in [3.63, 3.8) is 0 Å². The number of nitrogens with one attached hydrogen (secondary N) is 1. The minimum Gasteiger partial charge on any atom is -0.287 e. The van der Waals surface area contributed by atoms with Crippen LogP contribution in [0.2, 0.25) is 0 Å². The Kier molecular flexibility index (Phi) is 4.22. The molecule has 2 unspecified atom stereocenters. The van der Waals surface area contributed by atoms with Gasteiger partial charge in [-0.15, -0.1) is 0 Å². The maximum absolute atomic E-state index is 11.5. The van der Waals surface area contributed by atoms with Crippen LogP contribution >= 0.6 is 0 Å². The van der Waals surface area contributed by atoms with Crippen LogP contribution in [0.15, 0.2) is 35.3 Å². The normalized spacial score (nSPS) is 32.2. The SMILES string of the molecule is CC1(CN2CCC(c3ccccc3)C[C@@H]2[N+](=O)[O-])N=CCN1. The van der Waals surface area contributed by atoms with Crippen molar-refractivity contribution in [3.8, 4) is 0 Å². The lowest BCUT2D eigenvalue weighted by Crippen LogP contribution is -2.55. The summed E-state index contributed by atoms with van der Waals surface area (Å²) in [6.45, 7) is 4.05. The molecule has 0 amide bonds. The average molecular weight is 302 g/mol. The fourth-order valence-electron chi connectivity index (χ4n) is 3.47. The van der Waals surface area contributed by atoms with Crippen molar-refractivity contribution < 1.29 is 4.92 Å². The van der Waals surface area contributed by atoms with Crippen molar-refractivity contribution in [2.45, 2.75) is 37.5 Å². The standard InChI is InChI=1S/C16H22N4O2/c1-16(17-8-9-18-16)12-19-10-7-14(11-15(19)20(21)22)13-5-3-2-4-6-13/h2-6,8,14-15,18H,7,9-12H2,1H3/t14?,15-,16?/m0/s1.